The fourth-order valence-electron chi connectivity index (χ4n) is 3.19. The smallest absolute Gasteiger partial charge is 0.333 e. The highest BCUT2D eigenvalue weighted by Crippen LogP contribution is 2.17. The molecule has 0 aliphatic carbocycles. The molecule has 0 radical (unpaired) electrons. The Bertz CT molecular complexity index is 986. The molecule has 6 heteroatoms. The summed E-state index contributed by atoms with van der Waals surface area (Å²) in [6, 6.07) is 21.5. The lowest BCUT2D eigenvalue weighted by atomic mass is 10.1. The number of halogens is 1. The van der Waals surface area contributed by atoms with Crippen LogP contribution in [0, 0.1) is 5.82 Å². The van der Waals surface area contributed by atoms with E-state index in [2.05, 4.69) is 0 Å². The van der Waals surface area contributed by atoms with Crippen LogP contribution in [0.15, 0.2) is 72.8 Å². The summed E-state index contributed by atoms with van der Waals surface area (Å²) in [6.45, 7) is 2.96. The van der Waals surface area contributed by atoms with E-state index in [1.165, 1.54) is 12.1 Å². The second-order valence-corrected chi connectivity index (χ2v) is 7.29. The van der Waals surface area contributed by atoms with Crippen molar-refractivity contribution in [3.63, 3.8) is 0 Å². The molecule has 0 aromatic heterocycles. The van der Waals surface area contributed by atoms with E-state index in [1.54, 1.807) is 13.0 Å². The van der Waals surface area contributed by atoms with Gasteiger partial charge in [-0.3, -0.25) is 0 Å². The van der Waals surface area contributed by atoms with Gasteiger partial charge in [0.1, 0.15) is 23.9 Å². The molecule has 168 valence electrons. The van der Waals surface area contributed by atoms with Crippen molar-refractivity contribution in [1.29, 1.82) is 0 Å². The van der Waals surface area contributed by atoms with Crippen molar-refractivity contribution >= 4 is 5.97 Å². The number of carboxylic acids is 1. The van der Waals surface area contributed by atoms with E-state index in [0.717, 1.165) is 34.6 Å². The lowest BCUT2D eigenvalue weighted by Crippen LogP contribution is -2.26. The number of aliphatic carboxylic acids is 1. The van der Waals surface area contributed by atoms with Gasteiger partial charge >= 0.3 is 5.97 Å². The van der Waals surface area contributed by atoms with E-state index in [1.807, 2.05) is 54.6 Å². The van der Waals surface area contributed by atoms with Gasteiger partial charge < -0.3 is 19.3 Å². The number of benzene rings is 3. The van der Waals surface area contributed by atoms with E-state index < -0.39 is 12.1 Å². The molecule has 0 aliphatic rings. The Morgan fingerprint density at radius 3 is 2.19 bits per heavy atom. The molecule has 0 saturated heterocycles. The molecule has 0 aliphatic heterocycles. The zero-order valence-corrected chi connectivity index (χ0v) is 18.0. The van der Waals surface area contributed by atoms with Gasteiger partial charge in [0.2, 0.25) is 0 Å². The topological polar surface area (TPSA) is 65.0 Å². The third kappa shape index (κ3) is 7.39. The molecule has 0 fully saturated rings. The lowest BCUT2D eigenvalue weighted by molar-refractivity contribution is -0.149. The van der Waals surface area contributed by atoms with Crippen LogP contribution >= 0.6 is 0 Å². The molecular formula is C26H27FO5. The zero-order chi connectivity index (χ0) is 22.8. The summed E-state index contributed by atoms with van der Waals surface area (Å²) < 4.78 is 30.0. The first-order chi connectivity index (χ1) is 15.5. The molecule has 0 heterocycles. The van der Waals surface area contributed by atoms with Gasteiger partial charge in [-0.15, -0.1) is 0 Å². The van der Waals surface area contributed by atoms with Crippen molar-refractivity contribution < 1.29 is 28.5 Å². The van der Waals surface area contributed by atoms with Crippen LogP contribution < -0.4 is 9.47 Å². The van der Waals surface area contributed by atoms with Crippen molar-refractivity contribution in [2.45, 2.75) is 32.5 Å². The van der Waals surface area contributed by atoms with Gasteiger partial charge in [-0.2, -0.15) is 0 Å². The normalized spacial score (nSPS) is 11.7. The van der Waals surface area contributed by atoms with Crippen LogP contribution in [0.25, 0.3) is 0 Å². The molecule has 0 bridgehead atoms. The summed E-state index contributed by atoms with van der Waals surface area (Å²) in [6.07, 6.45) is 0.210. The van der Waals surface area contributed by atoms with Crippen LogP contribution in [0.1, 0.15) is 23.6 Å². The second kappa shape index (κ2) is 11.9. The van der Waals surface area contributed by atoms with Crippen LogP contribution in [-0.2, 0) is 29.0 Å². The Labute approximate surface area is 187 Å². The zero-order valence-electron chi connectivity index (χ0n) is 18.0. The summed E-state index contributed by atoms with van der Waals surface area (Å²) in [4.78, 5) is 11.2. The minimum atomic E-state index is -0.961. The predicted octanol–water partition coefficient (Wildman–Crippen LogP) is 5.06. The Kier molecular flexibility index (Phi) is 8.63. The Balaban J connectivity index is 1.42. The first kappa shape index (κ1) is 23.3. The number of rotatable bonds is 12. The summed E-state index contributed by atoms with van der Waals surface area (Å²) in [5.74, 6) is 0.219. The maximum atomic E-state index is 13.2. The molecule has 3 aromatic rings. The van der Waals surface area contributed by atoms with Crippen molar-refractivity contribution in [3.8, 4) is 11.5 Å². The first-order valence-electron chi connectivity index (χ1n) is 10.6. The first-order valence-corrected chi connectivity index (χ1v) is 10.6. The molecule has 5 nitrogen and oxygen atoms in total. The van der Waals surface area contributed by atoms with Crippen LogP contribution in [-0.4, -0.2) is 30.4 Å². The van der Waals surface area contributed by atoms with Crippen LogP contribution in [0.3, 0.4) is 0 Å². The average Bonchev–Trinajstić information content (AvgIpc) is 2.79. The fourth-order valence-corrected chi connectivity index (χ4v) is 3.19. The van der Waals surface area contributed by atoms with Gasteiger partial charge in [-0.05, 0) is 60.0 Å². The Morgan fingerprint density at radius 2 is 1.56 bits per heavy atom. The summed E-state index contributed by atoms with van der Waals surface area (Å²) in [5, 5.41) is 9.18. The minimum absolute atomic E-state index is 0.272. The monoisotopic (exact) mass is 438 g/mol. The molecule has 0 saturated carbocycles. The Hall–Kier alpha value is -3.38. The number of hydrogen-bond acceptors (Lipinski definition) is 4. The van der Waals surface area contributed by atoms with E-state index >= 15 is 0 Å². The number of ether oxygens (including phenoxy) is 3. The minimum Gasteiger partial charge on any atom is -0.493 e. The number of hydrogen-bond donors (Lipinski definition) is 1. The molecule has 1 atom stereocenters. The number of carboxylic acid groups (broad SMARTS) is 1. The quantitative estimate of drug-likeness (QED) is 0.428. The van der Waals surface area contributed by atoms with Crippen molar-refractivity contribution in [2.24, 2.45) is 0 Å². The van der Waals surface area contributed by atoms with Crippen LogP contribution in [0.5, 0.6) is 11.5 Å². The highest BCUT2D eigenvalue weighted by atomic mass is 19.1. The molecular weight excluding hydrogens is 411 g/mol. The average molecular weight is 438 g/mol. The van der Waals surface area contributed by atoms with Crippen molar-refractivity contribution in [3.05, 3.63) is 95.3 Å². The highest BCUT2D eigenvalue weighted by Gasteiger charge is 2.17. The van der Waals surface area contributed by atoms with E-state index in [-0.39, 0.29) is 5.82 Å². The summed E-state index contributed by atoms with van der Waals surface area (Å²) in [7, 11) is 0. The number of carbonyl (C=O) groups is 1. The Morgan fingerprint density at radius 1 is 0.906 bits per heavy atom. The van der Waals surface area contributed by atoms with E-state index in [0.29, 0.717) is 26.2 Å². The third-order valence-corrected chi connectivity index (χ3v) is 4.87. The van der Waals surface area contributed by atoms with Crippen molar-refractivity contribution in [1.82, 2.24) is 0 Å². The maximum Gasteiger partial charge on any atom is 0.333 e. The van der Waals surface area contributed by atoms with Crippen molar-refractivity contribution in [2.75, 3.05) is 13.2 Å². The highest BCUT2D eigenvalue weighted by molar-refractivity contribution is 5.72. The van der Waals surface area contributed by atoms with Gasteiger partial charge in [0, 0.05) is 19.4 Å². The molecule has 0 spiro atoms. The standard InChI is InChI=1S/C26H27FO5/c1-2-30-25(26(28)29)17-20-8-12-23(13-9-20)31-15-14-19-6-10-24(11-7-19)32-18-21-4-3-5-22(27)16-21/h3-13,16,25H,2,14-15,17-18H2,1H3,(H,28,29)/t25-/m0/s1. The second-order valence-electron chi connectivity index (χ2n) is 7.29. The van der Waals surface area contributed by atoms with Crippen LogP contribution in [0.4, 0.5) is 4.39 Å². The van der Waals surface area contributed by atoms with Gasteiger partial charge in [0.05, 0.1) is 6.61 Å². The molecule has 0 amide bonds. The lowest BCUT2D eigenvalue weighted by Gasteiger charge is -2.13. The molecule has 32 heavy (non-hydrogen) atoms. The molecule has 3 aromatic carbocycles. The van der Waals surface area contributed by atoms with Gasteiger partial charge in [0.15, 0.2) is 6.10 Å². The third-order valence-electron chi connectivity index (χ3n) is 4.87. The SMILES string of the molecule is CCO[C@@H](Cc1ccc(OCCc2ccc(OCc3cccc(F)c3)cc2)cc1)C(=O)O. The fraction of sp³-hybridized carbons (Fsp3) is 0.269. The molecule has 3 rings (SSSR count). The predicted molar refractivity (Wildman–Crippen MR) is 120 cm³/mol. The maximum absolute atomic E-state index is 13.2. The van der Waals surface area contributed by atoms with E-state index in [9.17, 15) is 14.3 Å². The largest absolute Gasteiger partial charge is 0.493 e. The van der Waals surface area contributed by atoms with Gasteiger partial charge in [-0.25, -0.2) is 9.18 Å². The molecule has 0 unspecified atom stereocenters. The summed E-state index contributed by atoms with van der Waals surface area (Å²) in [5.41, 5.74) is 2.78. The summed E-state index contributed by atoms with van der Waals surface area (Å²) >= 11 is 0. The van der Waals surface area contributed by atoms with Crippen LogP contribution in [0.2, 0.25) is 0 Å². The molecule has 1 N–H and O–H groups in total. The van der Waals surface area contributed by atoms with Gasteiger partial charge in [-0.1, -0.05) is 36.4 Å². The van der Waals surface area contributed by atoms with E-state index in [4.69, 9.17) is 14.2 Å². The van der Waals surface area contributed by atoms with Gasteiger partial charge in [0.25, 0.3) is 0 Å².